The molecular weight excluding hydrogens is 286 g/mol. The van der Waals surface area contributed by atoms with E-state index in [1.165, 1.54) is 11.9 Å². The lowest BCUT2D eigenvalue weighted by Gasteiger charge is -2.28. The largest absolute Gasteiger partial charge is 0.334 e. The smallest absolute Gasteiger partial charge is 0.308 e. The monoisotopic (exact) mass is 303 g/mol. The summed E-state index contributed by atoms with van der Waals surface area (Å²) in [6.45, 7) is 3.20. The Balaban J connectivity index is 2.21. The molecule has 1 aromatic carbocycles. The number of anilines is 1. The van der Waals surface area contributed by atoms with Crippen LogP contribution in [0.3, 0.4) is 0 Å². The van der Waals surface area contributed by atoms with Crippen molar-refractivity contribution in [1.29, 1.82) is 0 Å². The molecule has 116 valence electrons. The number of imide groups is 2. The number of likely N-dealkylation sites (N-methyl/N-ethyl adjacent to an activating group) is 1. The van der Waals surface area contributed by atoms with Gasteiger partial charge in [-0.25, -0.2) is 9.69 Å². The van der Waals surface area contributed by atoms with Crippen LogP contribution in [0.25, 0.3) is 0 Å². The molecule has 0 aromatic heterocycles. The molecular formula is C15H17N3O4. The first-order chi connectivity index (χ1) is 10.3. The lowest BCUT2D eigenvalue weighted by molar-refractivity contribution is -0.143. The number of carbonyl (C=O) groups excluding carboxylic acids is 4. The van der Waals surface area contributed by atoms with Crippen LogP contribution in [-0.4, -0.2) is 53.2 Å². The third-order valence-corrected chi connectivity index (χ3v) is 3.36. The number of carbonyl (C=O) groups is 4. The van der Waals surface area contributed by atoms with E-state index in [-0.39, 0.29) is 6.04 Å². The molecule has 1 aliphatic heterocycles. The summed E-state index contributed by atoms with van der Waals surface area (Å²) in [5.74, 6) is -2.32. The number of hydrogen-bond donors (Lipinski definition) is 0. The summed E-state index contributed by atoms with van der Waals surface area (Å²) in [7, 11) is 1.21. The lowest BCUT2D eigenvalue weighted by atomic mass is 10.2. The minimum absolute atomic E-state index is 0.156. The molecule has 7 heteroatoms. The Morgan fingerprint density at radius 1 is 1.09 bits per heavy atom. The maximum atomic E-state index is 12.5. The molecule has 0 radical (unpaired) electrons. The van der Waals surface area contributed by atoms with Crippen LogP contribution in [0.2, 0.25) is 0 Å². The summed E-state index contributed by atoms with van der Waals surface area (Å²) in [5.41, 5.74) is 0.668. The van der Waals surface area contributed by atoms with Crippen LogP contribution in [0.1, 0.15) is 13.8 Å². The van der Waals surface area contributed by atoms with E-state index >= 15 is 0 Å². The van der Waals surface area contributed by atoms with E-state index in [4.69, 9.17) is 0 Å². The standard InChI is InChI=1S/C15H17N3O4/c1-10(2)18(11-7-5-4-6-8-11)12(19)9-17-14(21)13(20)16(3)15(17)22/h4-8,10H,9H2,1-3H3. The Morgan fingerprint density at radius 3 is 2.14 bits per heavy atom. The minimum atomic E-state index is -0.974. The number of hydrogen-bond acceptors (Lipinski definition) is 4. The molecule has 0 N–H and O–H groups in total. The van der Waals surface area contributed by atoms with E-state index in [0.717, 1.165) is 0 Å². The fourth-order valence-corrected chi connectivity index (χ4v) is 2.28. The molecule has 0 saturated carbocycles. The number of para-hydroxylation sites is 1. The van der Waals surface area contributed by atoms with Crippen molar-refractivity contribution in [2.75, 3.05) is 18.5 Å². The topological polar surface area (TPSA) is 78.0 Å². The van der Waals surface area contributed by atoms with Crippen molar-refractivity contribution in [3.8, 4) is 0 Å². The van der Waals surface area contributed by atoms with Gasteiger partial charge in [-0.1, -0.05) is 18.2 Å². The van der Waals surface area contributed by atoms with E-state index in [2.05, 4.69) is 0 Å². The second-order valence-corrected chi connectivity index (χ2v) is 5.23. The number of benzene rings is 1. The maximum Gasteiger partial charge on any atom is 0.334 e. The van der Waals surface area contributed by atoms with Crippen LogP contribution in [0.5, 0.6) is 0 Å². The van der Waals surface area contributed by atoms with Crippen molar-refractivity contribution in [1.82, 2.24) is 9.80 Å². The summed E-state index contributed by atoms with van der Waals surface area (Å²) in [6, 6.07) is 8.01. The van der Waals surface area contributed by atoms with Crippen molar-refractivity contribution in [3.05, 3.63) is 30.3 Å². The van der Waals surface area contributed by atoms with Gasteiger partial charge < -0.3 is 4.90 Å². The zero-order chi connectivity index (χ0) is 16.4. The van der Waals surface area contributed by atoms with E-state index in [0.29, 0.717) is 15.5 Å². The average Bonchev–Trinajstić information content (AvgIpc) is 2.66. The van der Waals surface area contributed by atoms with Gasteiger partial charge in [-0.2, -0.15) is 0 Å². The SMILES string of the molecule is CC(C)N(C(=O)CN1C(=O)C(=O)N(C)C1=O)c1ccccc1. The number of rotatable bonds is 4. The summed E-state index contributed by atoms with van der Waals surface area (Å²) >= 11 is 0. The molecule has 1 heterocycles. The molecule has 1 saturated heterocycles. The van der Waals surface area contributed by atoms with E-state index < -0.39 is 30.3 Å². The first-order valence-electron chi connectivity index (χ1n) is 6.85. The second kappa shape index (κ2) is 5.97. The molecule has 5 amide bonds. The highest BCUT2D eigenvalue weighted by Gasteiger charge is 2.43. The van der Waals surface area contributed by atoms with Gasteiger partial charge in [-0.15, -0.1) is 0 Å². The Kier molecular flexibility index (Phi) is 4.25. The number of urea groups is 1. The van der Waals surface area contributed by atoms with Crippen LogP contribution >= 0.6 is 0 Å². The molecule has 2 rings (SSSR count). The summed E-state index contributed by atoms with van der Waals surface area (Å²) in [5, 5.41) is 0. The van der Waals surface area contributed by atoms with Crippen molar-refractivity contribution in [2.24, 2.45) is 0 Å². The van der Waals surface area contributed by atoms with E-state index in [1.54, 1.807) is 24.3 Å². The number of nitrogens with zero attached hydrogens (tertiary/aromatic N) is 3. The third-order valence-electron chi connectivity index (χ3n) is 3.36. The van der Waals surface area contributed by atoms with Gasteiger partial charge in [0.25, 0.3) is 0 Å². The van der Waals surface area contributed by atoms with E-state index in [1.807, 2.05) is 19.9 Å². The fraction of sp³-hybridized carbons (Fsp3) is 0.333. The fourth-order valence-electron chi connectivity index (χ4n) is 2.28. The van der Waals surface area contributed by atoms with Gasteiger partial charge in [0.1, 0.15) is 6.54 Å². The Labute approximate surface area is 128 Å². The molecule has 7 nitrogen and oxygen atoms in total. The van der Waals surface area contributed by atoms with Crippen molar-refractivity contribution in [3.63, 3.8) is 0 Å². The molecule has 22 heavy (non-hydrogen) atoms. The van der Waals surface area contributed by atoms with Gasteiger partial charge in [0, 0.05) is 18.8 Å². The van der Waals surface area contributed by atoms with Gasteiger partial charge in [0.2, 0.25) is 5.91 Å². The highest BCUT2D eigenvalue weighted by Crippen LogP contribution is 2.18. The van der Waals surface area contributed by atoms with Crippen LogP contribution < -0.4 is 4.90 Å². The summed E-state index contributed by atoms with van der Waals surface area (Å²) in [4.78, 5) is 50.4. The van der Waals surface area contributed by atoms with Crippen molar-refractivity contribution >= 4 is 29.4 Å². The molecule has 0 spiro atoms. The van der Waals surface area contributed by atoms with Gasteiger partial charge in [0.15, 0.2) is 0 Å². The molecule has 0 unspecified atom stereocenters. The van der Waals surface area contributed by atoms with Gasteiger partial charge in [0.05, 0.1) is 0 Å². The van der Waals surface area contributed by atoms with E-state index in [9.17, 15) is 19.2 Å². The molecule has 0 bridgehead atoms. The summed E-state index contributed by atoms with van der Waals surface area (Å²) < 4.78 is 0. The minimum Gasteiger partial charge on any atom is -0.308 e. The van der Waals surface area contributed by atoms with Gasteiger partial charge in [-0.3, -0.25) is 19.3 Å². The molecule has 0 atom stereocenters. The zero-order valence-electron chi connectivity index (χ0n) is 12.6. The Hall–Kier alpha value is -2.70. The highest BCUT2D eigenvalue weighted by molar-refractivity contribution is 6.45. The number of amides is 5. The van der Waals surface area contributed by atoms with Crippen LogP contribution in [0.4, 0.5) is 10.5 Å². The van der Waals surface area contributed by atoms with Crippen LogP contribution in [0.15, 0.2) is 30.3 Å². The second-order valence-electron chi connectivity index (χ2n) is 5.23. The molecule has 0 aliphatic carbocycles. The maximum absolute atomic E-state index is 12.5. The first-order valence-corrected chi connectivity index (χ1v) is 6.85. The predicted octanol–water partition coefficient (Wildman–Crippen LogP) is 0.849. The van der Waals surface area contributed by atoms with Crippen LogP contribution in [0, 0.1) is 0 Å². The molecule has 1 aromatic rings. The normalized spacial score (nSPS) is 15.0. The lowest BCUT2D eigenvalue weighted by Crippen LogP contribution is -2.46. The summed E-state index contributed by atoms with van der Waals surface area (Å²) in [6.07, 6.45) is 0. The molecule has 1 fully saturated rings. The first kappa shape index (κ1) is 15.7. The zero-order valence-corrected chi connectivity index (χ0v) is 12.6. The highest BCUT2D eigenvalue weighted by atomic mass is 16.2. The Morgan fingerprint density at radius 2 is 1.68 bits per heavy atom. The Bertz CT molecular complexity index is 627. The average molecular weight is 303 g/mol. The third kappa shape index (κ3) is 2.69. The predicted molar refractivity (Wildman–Crippen MR) is 78.9 cm³/mol. The quantitative estimate of drug-likeness (QED) is 0.610. The van der Waals surface area contributed by atoms with Crippen LogP contribution in [-0.2, 0) is 14.4 Å². The van der Waals surface area contributed by atoms with Crippen molar-refractivity contribution < 1.29 is 19.2 Å². The molecule has 1 aliphatic rings. The van der Waals surface area contributed by atoms with Gasteiger partial charge in [-0.05, 0) is 26.0 Å². The van der Waals surface area contributed by atoms with Crippen molar-refractivity contribution in [2.45, 2.75) is 19.9 Å². The van der Waals surface area contributed by atoms with Gasteiger partial charge >= 0.3 is 17.8 Å².